The molecule has 0 saturated carbocycles. The number of aryl methyl sites for hydroxylation is 1. The van der Waals surface area contributed by atoms with E-state index in [1.807, 2.05) is 6.07 Å². The van der Waals surface area contributed by atoms with E-state index < -0.39 is 0 Å². The molecule has 0 fully saturated rings. The summed E-state index contributed by atoms with van der Waals surface area (Å²) in [5.74, 6) is 1.99. The quantitative estimate of drug-likeness (QED) is 0.713. The van der Waals surface area contributed by atoms with Crippen molar-refractivity contribution in [3.8, 4) is 5.75 Å². The highest BCUT2D eigenvalue weighted by Gasteiger charge is 2.10. The van der Waals surface area contributed by atoms with Gasteiger partial charge in [0.05, 0.1) is 20.0 Å². The van der Waals surface area contributed by atoms with Crippen LogP contribution in [0.3, 0.4) is 0 Å². The molecular weight excluding hydrogens is 176 g/mol. The van der Waals surface area contributed by atoms with E-state index in [-0.39, 0.29) is 0 Å². The largest absolute Gasteiger partial charge is 0.501 e. The lowest BCUT2D eigenvalue weighted by molar-refractivity contribution is 0.280. The van der Waals surface area contributed by atoms with E-state index in [1.54, 1.807) is 14.2 Å². The molecule has 0 saturated heterocycles. The normalized spacial score (nSPS) is 14.3. The Bertz CT molecular complexity index is 367. The van der Waals surface area contributed by atoms with E-state index in [0.717, 1.165) is 24.4 Å². The fourth-order valence-corrected chi connectivity index (χ4v) is 1.73. The summed E-state index contributed by atoms with van der Waals surface area (Å²) in [5.41, 5.74) is 2.58. The average molecular weight is 190 g/mol. The van der Waals surface area contributed by atoms with Crippen LogP contribution in [0.1, 0.15) is 17.5 Å². The van der Waals surface area contributed by atoms with Crippen molar-refractivity contribution in [3.05, 3.63) is 35.1 Å². The van der Waals surface area contributed by atoms with E-state index in [4.69, 9.17) is 9.47 Å². The minimum Gasteiger partial charge on any atom is -0.501 e. The molecule has 0 atom stereocenters. The molecule has 0 bridgehead atoms. The van der Waals surface area contributed by atoms with Crippen molar-refractivity contribution < 1.29 is 9.47 Å². The van der Waals surface area contributed by atoms with Gasteiger partial charge in [0.2, 0.25) is 0 Å². The second kappa shape index (κ2) is 3.74. The van der Waals surface area contributed by atoms with Crippen LogP contribution in [0.5, 0.6) is 5.75 Å². The summed E-state index contributed by atoms with van der Waals surface area (Å²) in [6, 6.07) is 6.15. The molecule has 0 radical (unpaired) electrons. The van der Waals surface area contributed by atoms with Crippen LogP contribution in [0.2, 0.25) is 0 Å². The third-order valence-corrected chi connectivity index (χ3v) is 2.57. The lowest BCUT2D eigenvalue weighted by Gasteiger charge is -2.16. The fourth-order valence-electron chi connectivity index (χ4n) is 1.73. The third-order valence-electron chi connectivity index (χ3n) is 2.57. The second-order valence-corrected chi connectivity index (χ2v) is 3.38. The SMILES string of the molecule is COC1=Cc2ccc(OC)cc2CC1. The van der Waals surface area contributed by atoms with Gasteiger partial charge in [-0.3, -0.25) is 0 Å². The van der Waals surface area contributed by atoms with E-state index in [9.17, 15) is 0 Å². The van der Waals surface area contributed by atoms with Crippen molar-refractivity contribution in [2.45, 2.75) is 12.8 Å². The van der Waals surface area contributed by atoms with Gasteiger partial charge in [-0.25, -0.2) is 0 Å². The van der Waals surface area contributed by atoms with Crippen molar-refractivity contribution in [2.24, 2.45) is 0 Å². The number of ether oxygens (including phenoxy) is 2. The summed E-state index contributed by atoms with van der Waals surface area (Å²) >= 11 is 0. The van der Waals surface area contributed by atoms with Gasteiger partial charge < -0.3 is 9.47 Å². The molecule has 1 aliphatic carbocycles. The van der Waals surface area contributed by atoms with Crippen LogP contribution in [0.25, 0.3) is 6.08 Å². The molecule has 1 aromatic carbocycles. The van der Waals surface area contributed by atoms with Gasteiger partial charge in [0, 0.05) is 6.42 Å². The molecular formula is C12H14O2. The Kier molecular flexibility index (Phi) is 2.44. The minimum absolute atomic E-state index is 0.929. The number of hydrogen-bond acceptors (Lipinski definition) is 2. The van der Waals surface area contributed by atoms with Crippen LogP contribution in [-0.4, -0.2) is 14.2 Å². The van der Waals surface area contributed by atoms with Gasteiger partial charge in [-0.2, -0.15) is 0 Å². The molecule has 14 heavy (non-hydrogen) atoms. The predicted molar refractivity (Wildman–Crippen MR) is 56.3 cm³/mol. The van der Waals surface area contributed by atoms with Crippen LogP contribution >= 0.6 is 0 Å². The Morgan fingerprint density at radius 3 is 2.64 bits per heavy atom. The number of allylic oxidation sites excluding steroid dienone is 1. The molecule has 1 aromatic rings. The van der Waals surface area contributed by atoms with Gasteiger partial charge in [-0.15, -0.1) is 0 Å². The summed E-state index contributed by atoms with van der Waals surface area (Å²) in [4.78, 5) is 0. The Labute approximate surface area is 84.2 Å². The van der Waals surface area contributed by atoms with Gasteiger partial charge in [0.25, 0.3) is 0 Å². The summed E-state index contributed by atoms with van der Waals surface area (Å²) in [6.45, 7) is 0. The molecule has 0 N–H and O–H groups in total. The zero-order chi connectivity index (χ0) is 9.97. The molecule has 0 aromatic heterocycles. The smallest absolute Gasteiger partial charge is 0.119 e. The topological polar surface area (TPSA) is 18.5 Å². The van der Waals surface area contributed by atoms with E-state index >= 15 is 0 Å². The van der Waals surface area contributed by atoms with Crippen LogP contribution in [0.4, 0.5) is 0 Å². The summed E-state index contributed by atoms with van der Waals surface area (Å²) in [6.07, 6.45) is 4.11. The molecule has 0 heterocycles. The predicted octanol–water partition coefficient (Wildman–Crippen LogP) is 2.63. The molecule has 0 spiro atoms. The van der Waals surface area contributed by atoms with Crippen LogP contribution in [0.15, 0.2) is 24.0 Å². The summed E-state index contributed by atoms with van der Waals surface area (Å²) < 4.78 is 10.4. The fraction of sp³-hybridized carbons (Fsp3) is 0.333. The standard InChI is InChI=1S/C12H14O2/c1-13-11-5-3-10-8-12(14-2)6-4-9(10)7-11/h3,5,7-8H,4,6H2,1-2H3. The Morgan fingerprint density at radius 2 is 1.93 bits per heavy atom. The molecule has 0 unspecified atom stereocenters. The van der Waals surface area contributed by atoms with Gasteiger partial charge in [0.15, 0.2) is 0 Å². The lowest BCUT2D eigenvalue weighted by Crippen LogP contribution is -2.00. The van der Waals surface area contributed by atoms with Crippen molar-refractivity contribution in [2.75, 3.05) is 14.2 Å². The van der Waals surface area contributed by atoms with Crippen LogP contribution < -0.4 is 4.74 Å². The number of rotatable bonds is 2. The van der Waals surface area contributed by atoms with Crippen molar-refractivity contribution in [1.29, 1.82) is 0 Å². The molecule has 0 aliphatic heterocycles. The number of hydrogen-bond donors (Lipinski definition) is 0. The second-order valence-electron chi connectivity index (χ2n) is 3.38. The van der Waals surface area contributed by atoms with Gasteiger partial charge in [-0.05, 0) is 35.8 Å². The molecule has 74 valence electrons. The maximum atomic E-state index is 5.23. The molecule has 2 rings (SSSR count). The highest BCUT2D eigenvalue weighted by Crippen LogP contribution is 2.27. The Balaban J connectivity index is 2.37. The minimum atomic E-state index is 0.929. The van der Waals surface area contributed by atoms with Crippen molar-refractivity contribution >= 4 is 6.08 Å². The Hall–Kier alpha value is -1.44. The first-order valence-corrected chi connectivity index (χ1v) is 4.75. The highest BCUT2D eigenvalue weighted by atomic mass is 16.5. The molecule has 2 heteroatoms. The number of fused-ring (bicyclic) bond motifs is 1. The number of methoxy groups -OCH3 is 2. The molecule has 0 amide bonds. The zero-order valence-electron chi connectivity index (χ0n) is 8.54. The summed E-state index contributed by atoms with van der Waals surface area (Å²) in [7, 11) is 3.42. The van der Waals surface area contributed by atoms with Gasteiger partial charge in [-0.1, -0.05) is 6.07 Å². The van der Waals surface area contributed by atoms with E-state index in [1.165, 1.54) is 11.1 Å². The first kappa shape index (κ1) is 9.13. The molecule has 1 aliphatic rings. The molecule has 2 nitrogen and oxygen atoms in total. The highest BCUT2D eigenvalue weighted by molar-refractivity contribution is 5.59. The maximum absolute atomic E-state index is 5.23. The van der Waals surface area contributed by atoms with E-state index in [0.29, 0.717) is 0 Å². The van der Waals surface area contributed by atoms with Crippen molar-refractivity contribution in [1.82, 2.24) is 0 Å². The first-order valence-electron chi connectivity index (χ1n) is 4.75. The average Bonchev–Trinajstić information content (AvgIpc) is 2.27. The third kappa shape index (κ3) is 1.60. The van der Waals surface area contributed by atoms with Crippen LogP contribution in [-0.2, 0) is 11.2 Å². The van der Waals surface area contributed by atoms with Crippen molar-refractivity contribution in [3.63, 3.8) is 0 Å². The summed E-state index contributed by atoms with van der Waals surface area (Å²) in [5, 5.41) is 0. The van der Waals surface area contributed by atoms with Gasteiger partial charge >= 0.3 is 0 Å². The van der Waals surface area contributed by atoms with Crippen LogP contribution in [0, 0.1) is 0 Å². The lowest BCUT2D eigenvalue weighted by atomic mass is 9.96. The zero-order valence-corrected chi connectivity index (χ0v) is 8.54. The monoisotopic (exact) mass is 190 g/mol. The maximum Gasteiger partial charge on any atom is 0.119 e. The first-order chi connectivity index (χ1) is 6.83. The van der Waals surface area contributed by atoms with E-state index in [2.05, 4.69) is 18.2 Å². The Morgan fingerprint density at radius 1 is 1.07 bits per heavy atom. The van der Waals surface area contributed by atoms with Gasteiger partial charge in [0.1, 0.15) is 5.75 Å². The number of benzene rings is 1.